The fourth-order valence-corrected chi connectivity index (χ4v) is 2.67. The topological polar surface area (TPSA) is 109 Å². The van der Waals surface area contributed by atoms with Gasteiger partial charge >= 0.3 is 0 Å². The monoisotopic (exact) mass is 442 g/mol. The first kappa shape index (κ1) is 23.8. The molecule has 0 atom stereocenters. The molecule has 3 amide bonds. The van der Waals surface area contributed by atoms with Crippen molar-refractivity contribution >= 4 is 40.7 Å². The minimum absolute atomic E-state index is 0.0490. The van der Waals surface area contributed by atoms with Crippen molar-refractivity contribution in [1.82, 2.24) is 16.2 Å². The molecule has 0 fully saturated rings. The van der Waals surface area contributed by atoms with Gasteiger partial charge in [0.2, 0.25) is 5.91 Å². The van der Waals surface area contributed by atoms with Gasteiger partial charge in [-0.15, -0.1) is 0 Å². The molecule has 0 aliphatic heterocycles. The predicted octanol–water partition coefficient (Wildman–Crippen LogP) is 3.16. The summed E-state index contributed by atoms with van der Waals surface area (Å²) in [4.78, 5) is 36.2. The zero-order valence-electron chi connectivity index (χ0n) is 17.5. The standard InChI is InChI=1S/C22H26N4O4S/c1-3-5-6-19(27)23-17-11-7-16(8-12-17)21(29)25-26-22(31)24-20(28)15-9-13-18(14-10-15)30-4-2/h7-14H,3-6H2,1-2H3,(H,23,27)(H,25,29)(H2,24,26,28,31). The van der Waals surface area contributed by atoms with Crippen LogP contribution in [-0.2, 0) is 4.79 Å². The van der Waals surface area contributed by atoms with E-state index in [-0.39, 0.29) is 11.0 Å². The van der Waals surface area contributed by atoms with Crippen LogP contribution in [0, 0.1) is 0 Å². The van der Waals surface area contributed by atoms with E-state index in [0.29, 0.717) is 35.6 Å². The third kappa shape index (κ3) is 8.06. The van der Waals surface area contributed by atoms with E-state index in [4.69, 9.17) is 17.0 Å². The molecule has 0 bridgehead atoms. The third-order valence-electron chi connectivity index (χ3n) is 4.13. The van der Waals surface area contributed by atoms with E-state index in [1.165, 1.54) is 0 Å². The van der Waals surface area contributed by atoms with Gasteiger partial charge < -0.3 is 10.1 Å². The van der Waals surface area contributed by atoms with Crippen molar-refractivity contribution in [3.8, 4) is 5.75 Å². The van der Waals surface area contributed by atoms with Crippen LogP contribution in [0.25, 0.3) is 0 Å². The van der Waals surface area contributed by atoms with Crippen LogP contribution in [0.4, 0.5) is 5.69 Å². The van der Waals surface area contributed by atoms with Crippen molar-refractivity contribution in [2.45, 2.75) is 33.1 Å². The molecule has 31 heavy (non-hydrogen) atoms. The van der Waals surface area contributed by atoms with E-state index in [2.05, 4.69) is 21.5 Å². The Morgan fingerprint density at radius 1 is 0.871 bits per heavy atom. The summed E-state index contributed by atoms with van der Waals surface area (Å²) < 4.78 is 5.33. The van der Waals surface area contributed by atoms with E-state index in [9.17, 15) is 14.4 Å². The SMILES string of the molecule is CCCCC(=O)Nc1ccc(C(=O)NNC(=S)NC(=O)c2ccc(OCC)cc2)cc1. The number of hydrogen-bond acceptors (Lipinski definition) is 5. The van der Waals surface area contributed by atoms with Crippen LogP contribution < -0.4 is 26.2 Å². The summed E-state index contributed by atoms with van der Waals surface area (Å²) in [5.41, 5.74) is 6.28. The van der Waals surface area contributed by atoms with Crippen molar-refractivity contribution in [3.05, 3.63) is 59.7 Å². The summed E-state index contributed by atoms with van der Waals surface area (Å²) >= 11 is 5.04. The molecule has 0 aliphatic rings. The van der Waals surface area contributed by atoms with Gasteiger partial charge in [-0.1, -0.05) is 13.3 Å². The summed E-state index contributed by atoms with van der Waals surface area (Å²) in [7, 11) is 0. The van der Waals surface area contributed by atoms with Gasteiger partial charge in [0.1, 0.15) is 5.75 Å². The fraction of sp³-hybridized carbons (Fsp3) is 0.273. The molecule has 0 saturated carbocycles. The van der Waals surface area contributed by atoms with E-state index in [1.807, 2.05) is 13.8 Å². The van der Waals surface area contributed by atoms with Gasteiger partial charge in [-0.2, -0.15) is 0 Å². The lowest BCUT2D eigenvalue weighted by Gasteiger charge is -2.11. The van der Waals surface area contributed by atoms with Gasteiger partial charge in [0.25, 0.3) is 11.8 Å². The number of hydrogen-bond donors (Lipinski definition) is 4. The van der Waals surface area contributed by atoms with Crippen molar-refractivity contribution < 1.29 is 19.1 Å². The summed E-state index contributed by atoms with van der Waals surface area (Å²) in [6.07, 6.45) is 2.23. The van der Waals surface area contributed by atoms with Gasteiger partial charge in [0.15, 0.2) is 5.11 Å². The van der Waals surface area contributed by atoms with E-state index < -0.39 is 11.8 Å². The number of amides is 3. The minimum Gasteiger partial charge on any atom is -0.494 e. The first-order valence-corrected chi connectivity index (χ1v) is 10.4. The molecule has 0 saturated heterocycles. The molecule has 4 N–H and O–H groups in total. The number of thiocarbonyl (C=S) groups is 1. The number of carbonyl (C=O) groups is 3. The highest BCUT2D eigenvalue weighted by Gasteiger charge is 2.10. The summed E-state index contributed by atoms with van der Waals surface area (Å²) in [6, 6.07) is 13.0. The highest BCUT2D eigenvalue weighted by molar-refractivity contribution is 7.80. The number of benzene rings is 2. The molecule has 0 spiro atoms. The Kier molecular flexibility index (Phi) is 9.44. The maximum absolute atomic E-state index is 12.2. The van der Waals surface area contributed by atoms with Crippen molar-refractivity contribution in [1.29, 1.82) is 0 Å². The molecule has 9 heteroatoms. The van der Waals surface area contributed by atoms with Crippen LogP contribution in [0.1, 0.15) is 53.8 Å². The van der Waals surface area contributed by atoms with Crippen LogP contribution in [0.5, 0.6) is 5.75 Å². The van der Waals surface area contributed by atoms with E-state index in [1.54, 1.807) is 48.5 Å². The molecular formula is C22H26N4O4S. The number of nitrogens with one attached hydrogen (secondary N) is 4. The number of unbranched alkanes of at least 4 members (excludes halogenated alkanes) is 1. The number of carbonyl (C=O) groups excluding carboxylic acids is 3. The molecule has 2 rings (SSSR count). The molecule has 2 aromatic rings. The fourth-order valence-electron chi connectivity index (χ4n) is 2.53. The van der Waals surface area contributed by atoms with Crippen LogP contribution in [0.2, 0.25) is 0 Å². The van der Waals surface area contributed by atoms with Crippen molar-refractivity contribution in [3.63, 3.8) is 0 Å². The van der Waals surface area contributed by atoms with Crippen molar-refractivity contribution in [2.24, 2.45) is 0 Å². The minimum atomic E-state index is -0.443. The number of hydrazine groups is 1. The van der Waals surface area contributed by atoms with Gasteiger partial charge in [-0.25, -0.2) is 0 Å². The maximum Gasteiger partial charge on any atom is 0.269 e. The van der Waals surface area contributed by atoms with Crippen molar-refractivity contribution in [2.75, 3.05) is 11.9 Å². The number of anilines is 1. The molecule has 0 radical (unpaired) electrons. The zero-order valence-corrected chi connectivity index (χ0v) is 18.3. The second-order valence-electron chi connectivity index (χ2n) is 6.55. The van der Waals surface area contributed by atoms with E-state index >= 15 is 0 Å². The Balaban J connectivity index is 1.80. The summed E-state index contributed by atoms with van der Waals surface area (Å²) in [5.74, 6) is -0.257. The molecule has 2 aromatic carbocycles. The lowest BCUT2D eigenvalue weighted by atomic mass is 10.2. The molecule has 164 valence electrons. The average Bonchev–Trinajstić information content (AvgIpc) is 2.77. The molecule has 0 heterocycles. The Bertz CT molecular complexity index is 914. The first-order valence-electron chi connectivity index (χ1n) is 9.97. The Morgan fingerprint density at radius 2 is 1.48 bits per heavy atom. The summed E-state index contributed by atoms with van der Waals surface area (Å²) in [5, 5.41) is 5.21. The molecule has 8 nitrogen and oxygen atoms in total. The van der Waals surface area contributed by atoms with Crippen LogP contribution in [0.15, 0.2) is 48.5 Å². The Labute approximate surface area is 186 Å². The van der Waals surface area contributed by atoms with Gasteiger partial charge in [-0.3, -0.25) is 30.6 Å². The largest absolute Gasteiger partial charge is 0.494 e. The second-order valence-corrected chi connectivity index (χ2v) is 6.96. The maximum atomic E-state index is 12.2. The Morgan fingerprint density at radius 3 is 2.10 bits per heavy atom. The van der Waals surface area contributed by atoms with Crippen LogP contribution in [0.3, 0.4) is 0 Å². The summed E-state index contributed by atoms with van der Waals surface area (Å²) in [6.45, 7) is 4.43. The van der Waals surface area contributed by atoms with Crippen LogP contribution >= 0.6 is 12.2 Å². The average molecular weight is 443 g/mol. The number of ether oxygens (including phenoxy) is 1. The first-order chi connectivity index (χ1) is 14.9. The predicted molar refractivity (Wildman–Crippen MR) is 123 cm³/mol. The van der Waals surface area contributed by atoms with Gasteiger partial charge in [0.05, 0.1) is 6.61 Å². The zero-order chi connectivity index (χ0) is 22.6. The second kappa shape index (κ2) is 12.3. The highest BCUT2D eigenvalue weighted by Crippen LogP contribution is 2.12. The normalized spacial score (nSPS) is 10.0. The molecule has 0 aliphatic carbocycles. The number of rotatable bonds is 8. The smallest absolute Gasteiger partial charge is 0.269 e. The molecular weight excluding hydrogens is 416 g/mol. The third-order valence-corrected chi connectivity index (χ3v) is 4.34. The lowest BCUT2D eigenvalue weighted by Crippen LogP contribution is -2.48. The Hall–Kier alpha value is -3.46. The quantitative estimate of drug-likeness (QED) is 0.369. The molecule has 0 unspecified atom stereocenters. The highest BCUT2D eigenvalue weighted by atomic mass is 32.1. The van der Waals surface area contributed by atoms with Crippen LogP contribution in [-0.4, -0.2) is 29.4 Å². The lowest BCUT2D eigenvalue weighted by molar-refractivity contribution is -0.116. The van der Waals surface area contributed by atoms with Gasteiger partial charge in [0, 0.05) is 23.2 Å². The van der Waals surface area contributed by atoms with Gasteiger partial charge in [-0.05, 0) is 74.1 Å². The molecule has 0 aromatic heterocycles. The van der Waals surface area contributed by atoms with E-state index in [0.717, 1.165) is 12.8 Å².